The lowest BCUT2D eigenvalue weighted by Crippen LogP contribution is -2.29. The molecular formula is C15H12FN3O4S. The van der Waals surface area contributed by atoms with Crippen LogP contribution < -0.4 is 9.46 Å². The van der Waals surface area contributed by atoms with Crippen molar-refractivity contribution in [3.63, 3.8) is 0 Å². The standard InChI is InChI=1S/C15H12FN3O4S/c1-17-12-6-10(8-18-14(12)16)11-5-4-9(7-13(11)23-2)15(20)19-24(3,21)22/h4-8H,2-3H3,(H,19,20). The van der Waals surface area contributed by atoms with Crippen molar-refractivity contribution in [1.82, 2.24) is 9.71 Å². The number of ether oxygens (including phenoxy) is 1. The Morgan fingerprint density at radius 3 is 2.67 bits per heavy atom. The van der Waals surface area contributed by atoms with Gasteiger partial charge in [-0.3, -0.25) is 4.79 Å². The van der Waals surface area contributed by atoms with Gasteiger partial charge in [0.15, 0.2) is 0 Å². The number of nitrogens with zero attached hydrogens (tertiary/aromatic N) is 2. The van der Waals surface area contributed by atoms with Crippen molar-refractivity contribution in [3.05, 3.63) is 53.4 Å². The predicted molar refractivity (Wildman–Crippen MR) is 84.8 cm³/mol. The van der Waals surface area contributed by atoms with Crippen LogP contribution in [0.25, 0.3) is 16.0 Å². The Labute approximate surface area is 138 Å². The van der Waals surface area contributed by atoms with Crippen molar-refractivity contribution in [2.75, 3.05) is 13.4 Å². The number of sulfonamides is 1. The highest BCUT2D eigenvalue weighted by Crippen LogP contribution is 2.33. The summed E-state index contributed by atoms with van der Waals surface area (Å²) < 4.78 is 42.6. The zero-order valence-corrected chi connectivity index (χ0v) is 13.5. The van der Waals surface area contributed by atoms with Crippen LogP contribution in [0.2, 0.25) is 0 Å². The summed E-state index contributed by atoms with van der Waals surface area (Å²) in [5, 5.41) is 0. The summed E-state index contributed by atoms with van der Waals surface area (Å²) in [5.41, 5.74) is 0.732. The molecule has 1 heterocycles. The first-order valence-electron chi connectivity index (χ1n) is 6.48. The van der Waals surface area contributed by atoms with E-state index >= 15 is 0 Å². The number of hydrogen-bond acceptors (Lipinski definition) is 5. The number of pyridine rings is 1. The van der Waals surface area contributed by atoms with Gasteiger partial charge in [-0.1, -0.05) is 0 Å². The van der Waals surface area contributed by atoms with Crippen molar-refractivity contribution in [2.24, 2.45) is 0 Å². The minimum Gasteiger partial charge on any atom is -0.496 e. The number of aromatic nitrogens is 1. The minimum atomic E-state index is -3.69. The summed E-state index contributed by atoms with van der Waals surface area (Å²) in [6.45, 7) is 6.92. The number of rotatable bonds is 4. The Kier molecular flexibility index (Phi) is 4.80. The Hall–Kier alpha value is -2.99. The van der Waals surface area contributed by atoms with E-state index in [1.807, 2.05) is 4.72 Å². The normalized spacial score (nSPS) is 10.8. The number of carbonyl (C=O) groups excluding carboxylic acids is 1. The van der Waals surface area contributed by atoms with Crippen LogP contribution in [0.5, 0.6) is 5.75 Å². The molecular weight excluding hydrogens is 337 g/mol. The quantitative estimate of drug-likeness (QED) is 0.675. The monoisotopic (exact) mass is 349 g/mol. The molecule has 0 bridgehead atoms. The highest BCUT2D eigenvalue weighted by molar-refractivity contribution is 7.89. The van der Waals surface area contributed by atoms with E-state index in [1.54, 1.807) is 0 Å². The summed E-state index contributed by atoms with van der Waals surface area (Å²) in [5.74, 6) is -1.43. The molecule has 24 heavy (non-hydrogen) atoms. The first-order valence-corrected chi connectivity index (χ1v) is 8.38. The first kappa shape index (κ1) is 17.4. The van der Waals surface area contributed by atoms with Crippen molar-refractivity contribution in [3.8, 4) is 16.9 Å². The summed E-state index contributed by atoms with van der Waals surface area (Å²) >= 11 is 0. The molecule has 0 saturated heterocycles. The van der Waals surface area contributed by atoms with E-state index in [9.17, 15) is 17.6 Å². The number of nitrogens with one attached hydrogen (secondary N) is 1. The van der Waals surface area contributed by atoms with E-state index in [4.69, 9.17) is 11.3 Å². The number of amides is 1. The Balaban J connectivity index is 2.47. The zero-order chi connectivity index (χ0) is 17.9. The van der Waals surface area contributed by atoms with E-state index in [-0.39, 0.29) is 17.0 Å². The second kappa shape index (κ2) is 6.64. The van der Waals surface area contributed by atoms with Crippen LogP contribution in [-0.4, -0.2) is 32.7 Å². The average Bonchev–Trinajstić information content (AvgIpc) is 2.53. The van der Waals surface area contributed by atoms with E-state index in [2.05, 4.69) is 9.83 Å². The first-order chi connectivity index (χ1) is 11.2. The molecule has 0 radical (unpaired) electrons. The maximum absolute atomic E-state index is 13.3. The maximum atomic E-state index is 13.3. The van der Waals surface area contributed by atoms with Gasteiger partial charge in [0, 0.05) is 17.3 Å². The van der Waals surface area contributed by atoms with Crippen LogP contribution in [0, 0.1) is 12.5 Å². The molecule has 1 aromatic heterocycles. The third-order valence-corrected chi connectivity index (χ3v) is 3.55. The summed E-state index contributed by atoms with van der Waals surface area (Å²) in [7, 11) is -2.33. The Morgan fingerprint density at radius 1 is 1.38 bits per heavy atom. The van der Waals surface area contributed by atoms with E-state index in [1.165, 1.54) is 37.6 Å². The van der Waals surface area contributed by atoms with Gasteiger partial charge in [0.2, 0.25) is 21.7 Å². The van der Waals surface area contributed by atoms with Gasteiger partial charge in [-0.05, 0) is 29.8 Å². The van der Waals surface area contributed by atoms with Gasteiger partial charge >= 0.3 is 0 Å². The smallest absolute Gasteiger partial charge is 0.264 e. The molecule has 0 atom stereocenters. The Morgan fingerprint density at radius 2 is 2.08 bits per heavy atom. The highest BCUT2D eigenvalue weighted by atomic mass is 32.2. The summed E-state index contributed by atoms with van der Waals surface area (Å²) in [4.78, 5) is 18.4. The van der Waals surface area contributed by atoms with Gasteiger partial charge in [-0.15, -0.1) is 0 Å². The molecule has 0 aliphatic carbocycles. The number of halogens is 1. The molecule has 1 N–H and O–H groups in total. The van der Waals surface area contributed by atoms with Crippen LogP contribution in [0.15, 0.2) is 30.5 Å². The van der Waals surface area contributed by atoms with Crippen LogP contribution in [0.3, 0.4) is 0 Å². The van der Waals surface area contributed by atoms with Crippen LogP contribution in [0.1, 0.15) is 10.4 Å². The molecule has 1 amide bonds. The molecule has 0 aliphatic heterocycles. The van der Waals surface area contributed by atoms with Gasteiger partial charge < -0.3 is 4.74 Å². The van der Waals surface area contributed by atoms with Crippen LogP contribution in [-0.2, 0) is 10.0 Å². The van der Waals surface area contributed by atoms with Crippen molar-refractivity contribution in [1.29, 1.82) is 0 Å². The van der Waals surface area contributed by atoms with E-state index in [0.29, 0.717) is 11.1 Å². The lowest BCUT2D eigenvalue weighted by atomic mass is 10.0. The third-order valence-electron chi connectivity index (χ3n) is 2.99. The van der Waals surface area contributed by atoms with E-state index in [0.717, 1.165) is 6.26 Å². The predicted octanol–water partition coefficient (Wildman–Crippen LogP) is 2.14. The average molecular weight is 349 g/mol. The van der Waals surface area contributed by atoms with Crippen molar-refractivity contribution >= 4 is 21.6 Å². The van der Waals surface area contributed by atoms with Gasteiger partial charge in [-0.2, -0.15) is 4.39 Å². The van der Waals surface area contributed by atoms with Gasteiger partial charge in [-0.25, -0.2) is 23.0 Å². The lowest BCUT2D eigenvalue weighted by Gasteiger charge is -2.11. The molecule has 9 heteroatoms. The number of benzene rings is 1. The van der Waals surface area contributed by atoms with Gasteiger partial charge in [0.1, 0.15) is 5.75 Å². The number of carbonyl (C=O) groups is 1. The largest absolute Gasteiger partial charge is 0.496 e. The van der Waals surface area contributed by atoms with Crippen LogP contribution >= 0.6 is 0 Å². The lowest BCUT2D eigenvalue weighted by molar-refractivity contribution is 0.0981. The maximum Gasteiger partial charge on any atom is 0.264 e. The van der Waals surface area contributed by atoms with Gasteiger partial charge in [0.25, 0.3) is 5.91 Å². The fourth-order valence-corrected chi connectivity index (χ4v) is 2.42. The molecule has 0 fully saturated rings. The number of hydrogen-bond donors (Lipinski definition) is 1. The molecule has 0 aliphatic rings. The molecule has 2 aromatic rings. The Bertz CT molecular complexity index is 952. The molecule has 7 nitrogen and oxygen atoms in total. The second-order valence-electron chi connectivity index (χ2n) is 4.76. The molecule has 0 spiro atoms. The molecule has 1 aromatic carbocycles. The highest BCUT2D eigenvalue weighted by Gasteiger charge is 2.15. The zero-order valence-electron chi connectivity index (χ0n) is 12.7. The third kappa shape index (κ3) is 3.85. The molecule has 0 unspecified atom stereocenters. The van der Waals surface area contributed by atoms with Crippen LogP contribution in [0.4, 0.5) is 10.1 Å². The molecule has 124 valence electrons. The van der Waals surface area contributed by atoms with Crippen molar-refractivity contribution < 1.29 is 22.3 Å². The van der Waals surface area contributed by atoms with Gasteiger partial charge in [0.05, 0.1) is 19.9 Å². The second-order valence-corrected chi connectivity index (χ2v) is 6.51. The fraction of sp³-hybridized carbons (Fsp3) is 0.133. The topological polar surface area (TPSA) is 89.7 Å². The summed E-state index contributed by atoms with van der Waals surface area (Å²) in [6.07, 6.45) is 2.10. The SMILES string of the molecule is [C-]#[N+]c1cc(-c2ccc(C(=O)NS(C)(=O)=O)cc2OC)cnc1F. The minimum absolute atomic E-state index is 0.0708. The fourth-order valence-electron chi connectivity index (χ4n) is 1.96. The number of methoxy groups -OCH3 is 1. The summed E-state index contributed by atoms with van der Waals surface area (Å²) in [6, 6.07) is 5.54. The molecule has 0 saturated carbocycles. The van der Waals surface area contributed by atoms with E-state index < -0.39 is 21.9 Å². The van der Waals surface area contributed by atoms with Crippen molar-refractivity contribution in [2.45, 2.75) is 0 Å². The molecule has 2 rings (SSSR count).